The number of aromatic nitrogens is 2. The van der Waals surface area contributed by atoms with Crippen LogP contribution in [0.3, 0.4) is 0 Å². The van der Waals surface area contributed by atoms with Crippen molar-refractivity contribution in [1.82, 2.24) is 14.5 Å². The Labute approximate surface area is 98.2 Å². The molecule has 0 aliphatic heterocycles. The maximum atomic E-state index is 12.0. The molecule has 0 bridgehead atoms. The van der Waals surface area contributed by atoms with Gasteiger partial charge in [-0.2, -0.15) is 0 Å². The molecule has 1 aliphatic rings. The van der Waals surface area contributed by atoms with Gasteiger partial charge in [0.1, 0.15) is 4.88 Å². The minimum atomic E-state index is -0.166. The number of carbonyl (C=O) groups excluding carboxylic acids is 1. The maximum Gasteiger partial charge on any atom is 0.267 e. The van der Waals surface area contributed by atoms with E-state index in [1.165, 1.54) is 0 Å². The first-order valence-corrected chi connectivity index (χ1v) is 6.07. The molecule has 0 spiro atoms. The molecule has 6 heteroatoms. The second-order valence-electron chi connectivity index (χ2n) is 4.36. The molecule has 1 aliphatic carbocycles. The van der Waals surface area contributed by atoms with Gasteiger partial charge in [-0.15, -0.1) is 5.10 Å². The van der Waals surface area contributed by atoms with Gasteiger partial charge < -0.3 is 10.0 Å². The van der Waals surface area contributed by atoms with E-state index in [-0.39, 0.29) is 12.0 Å². The molecule has 1 N–H and O–H groups in total. The number of amides is 1. The predicted octanol–water partition coefficient (Wildman–Crippen LogP) is 0.689. The molecular weight excluding hydrogens is 226 g/mol. The van der Waals surface area contributed by atoms with Crippen LogP contribution in [-0.4, -0.2) is 45.2 Å². The van der Waals surface area contributed by atoms with Gasteiger partial charge in [-0.25, -0.2) is 0 Å². The van der Waals surface area contributed by atoms with E-state index in [0.717, 1.165) is 24.4 Å². The summed E-state index contributed by atoms with van der Waals surface area (Å²) >= 11 is 1.14. The second-order valence-corrected chi connectivity index (χ2v) is 5.12. The fourth-order valence-electron chi connectivity index (χ4n) is 1.92. The van der Waals surface area contributed by atoms with Crippen molar-refractivity contribution >= 4 is 17.4 Å². The minimum Gasteiger partial charge on any atom is -0.393 e. The average Bonchev–Trinajstić information content (AvgIpc) is 2.61. The lowest BCUT2D eigenvalue weighted by molar-refractivity contribution is 0.0266. The Morgan fingerprint density at radius 3 is 2.81 bits per heavy atom. The summed E-state index contributed by atoms with van der Waals surface area (Å²) < 4.78 is 3.75. The van der Waals surface area contributed by atoms with Crippen molar-refractivity contribution in [3.8, 4) is 0 Å². The fourth-order valence-corrected chi connectivity index (χ4v) is 2.57. The summed E-state index contributed by atoms with van der Waals surface area (Å²) in [6.45, 7) is 2.49. The fraction of sp³-hybridized carbons (Fsp3) is 0.700. The number of hydrogen-bond donors (Lipinski definition) is 1. The van der Waals surface area contributed by atoms with Crippen molar-refractivity contribution in [3.05, 3.63) is 10.6 Å². The summed E-state index contributed by atoms with van der Waals surface area (Å²) in [4.78, 5) is 14.3. The van der Waals surface area contributed by atoms with E-state index in [2.05, 4.69) is 9.59 Å². The maximum absolute atomic E-state index is 12.0. The van der Waals surface area contributed by atoms with Crippen LogP contribution in [0.2, 0.25) is 0 Å². The lowest BCUT2D eigenvalue weighted by Crippen LogP contribution is -2.39. The van der Waals surface area contributed by atoms with Crippen molar-refractivity contribution in [3.63, 3.8) is 0 Å². The number of nitrogens with zero attached hydrogens (tertiary/aromatic N) is 3. The summed E-state index contributed by atoms with van der Waals surface area (Å²) in [7, 11) is 1.78. The Bertz CT molecular complexity index is 387. The van der Waals surface area contributed by atoms with Crippen LogP contribution in [0.1, 0.15) is 28.2 Å². The molecule has 1 aromatic heterocycles. The van der Waals surface area contributed by atoms with Crippen LogP contribution in [0.15, 0.2) is 0 Å². The first-order valence-electron chi connectivity index (χ1n) is 5.30. The average molecular weight is 241 g/mol. The van der Waals surface area contributed by atoms with E-state index in [0.29, 0.717) is 23.0 Å². The van der Waals surface area contributed by atoms with Gasteiger partial charge in [-0.1, -0.05) is 4.49 Å². The topological polar surface area (TPSA) is 66.3 Å². The zero-order valence-electron chi connectivity index (χ0n) is 9.38. The molecule has 0 atom stereocenters. The molecule has 0 radical (unpaired) electrons. The molecule has 2 rings (SSSR count). The zero-order valence-corrected chi connectivity index (χ0v) is 10.2. The van der Waals surface area contributed by atoms with Gasteiger partial charge >= 0.3 is 0 Å². The quantitative estimate of drug-likeness (QED) is 0.845. The SMILES string of the molecule is Cc1nnsc1C(=O)N(C)CC1CC(O)C1. The summed E-state index contributed by atoms with van der Waals surface area (Å²) in [5.74, 6) is 0.416. The Morgan fingerprint density at radius 1 is 1.62 bits per heavy atom. The third-order valence-electron chi connectivity index (χ3n) is 2.94. The van der Waals surface area contributed by atoms with Crippen LogP contribution in [0.4, 0.5) is 0 Å². The molecule has 1 aromatic rings. The Hall–Kier alpha value is -1.01. The highest BCUT2D eigenvalue weighted by Crippen LogP contribution is 2.28. The van der Waals surface area contributed by atoms with E-state index in [9.17, 15) is 9.90 Å². The smallest absolute Gasteiger partial charge is 0.267 e. The lowest BCUT2D eigenvalue weighted by atomic mass is 9.82. The molecule has 1 saturated carbocycles. The van der Waals surface area contributed by atoms with Gasteiger partial charge in [0, 0.05) is 13.6 Å². The standard InChI is InChI=1S/C10H15N3O2S/c1-6-9(16-12-11-6)10(15)13(2)5-7-3-8(14)4-7/h7-8,14H,3-5H2,1-2H3. The van der Waals surface area contributed by atoms with Crippen LogP contribution in [0.25, 0.3) is 0 Å². The number of aliphatic hydroxyl groups is 1. The highest BCUT2D eigenvalue weighted by Gasteiger charge is 2.29. The van der Waals surface area contributed by atoms with E-state index < -0.39 is 0 Å². The first-order chi connectivity index (χ1) is 7.58. The molecule has 1 fully saturated rings. The third kappa shape index (κ3) is 2.22. The normalized spacial score (nSPS) is 23.9. The van der Waals surface area contributed by atoms with Crippen molar-refractivity contribution in [2.75, 3.05) is 13.6 Å². The Kier molecular flexibility index (Phi) is 3.20. The largest absolute Gasteiger partial charge is 0.393 e. The highest BCUT2D eigenvalue weighted by molar-refractivity contribution is 7.07. The summed E-state index contributed by atoms with van der Waals surface area (Å²) in [6, 6.07) is 0. The summed E-state index contributed by atoms with van der Waals surface area (Å²) in [5.41, 5.74) is 0.690. The summed E-state index contributed by atoms with van der Waals surface area (Å²) in [5, 5.41) is 13.0. The van der Waals surface area contributed by atoms with Crippen molar-refractivity contribution in [2.45, 2.75) is 25.9 Å². The van der Waals surface area contributed by atoms with Gasteiger partial charge in [0.25, 0.3) is 5.91 Å². The van der Waals surface area contributed by atoms with Gasteiger partial charge in [0.2, 0.25) is 0 Å². The van der Waals surface area contributed by atoms with Crippen LogP contribution in [-0.2, 0) is 0 Å². The number of hydrogen-bond acceptors (Lipinski definition) is 5. The predicted molar refractivity (Wildman–Crippen MR) is 60.3 cm³/mol. The van der Waals surface area contributed by atoms with Crippen molar-refractivity contribution in [1.29, 1.82) is 0 Å². The van der Waals surface area contributed by atoms with E-state index >= 15 is 0 Å². The number of aryl methyl sites for hydroxylation is 1. The highest BCUT2D eigenvalue weighted by atomic mass is 32.1. The van der Waals surface area contributed by atoms with E-state index in [1.807, 2.05) is 0 Å². The Morgan fingerprint density at radius 2 is 2.31 bits per heavy atom. The monoisotopic (exact) mass is 241 g/mol. The zero-order chi connectivity index (χ0) is 11.7. The molecule has 0 aromatic carbocycles. The van der Waals surface area contributed by atoms with E-state index in [1.54, 1.807) is 18.9 Å². The molecule has 5 nitrogen and oxygen atoms in total. The molecule has 88 valence electrons. The van der Waals surface area contributed by atoms with Gasteiger partial charge in [-0.3, -0.25) is 4.79 Å². The number of rotatable bonds is 3. The van der Waals surface area contributed by atoms with Crippen LogP contribution in [0, 0.1) is 12.8 Å². The van der Waals surface area contributed by atoms with Gasteiger partial charge in [-0.05, 0) is 37.2 Å². The first kappa shape index (κ1) is 11.5. The Balaban J connectivity index is 1.92. The minimum absolute atomic E-state index is 0.0195. The molecule has 0 unspecified atom stereocenters. The summed E-state index contributed by atoms with van der Waals surface area (Å²) in [6.07, 6.45) is 1.44. The molecule has 1 amide bonds. The second kappa shape index (κ2) is 4.47. The van der Waals surface area contributed by atoms with Crippen LogP contribution >= 0.6 is 11.5 Å². The molecule has 16 heavy (non-hydrogen) atoms. The van der Waals surface area contributed by atoms with Crippen molar-refractivity contribution < 1.29 is 9.90 Å². The molecule has 0 saturated heterocycles. The number of aliphatic hydroxyl groups excluding tert-OH is 1. The lowest BCUT2D eigenvalue weighted by Gasteiger charge is -2.34. The van der Waals surface area contributed by atoms with Crippen molar-refractivity contribution in [2.24, 2.45) is 5.92 Å². The van der Waals surface area contributed by atoms with Gasteiger partial charge in [0.15, 0.2) is 0 Å². The van der Waals surface area contributed by atoms with Crippen LogP contribution < -0.4 is 0 Å². The molecule has 1 heterocycles. The third-order valence-corrected chi connectivity index (χ3v) is 3.75. The van der Waals surface area contributed by atoms with Gasteiger partial charge in [0.05, 0.1) is 11.8 Å². The van der Waals surface area contributed by atoms with Crippen LogP contribution in [0.5, 0.6) is 0 Å². The molecular formula is C10H15N3O2S. The number of carbonyl (C=O) groups is 1. The van der Waals surface area contributed by atoms with E-state index in [4.69, 9.17) is 0 Å².